The van der Waals surface area contributed by atoms with E-state index in [0.717, 1.165) is 23.5 Å². The number of halogens is 1. The number of amides is 1. The topological polar surface area (TPSA) is 49.3 Å². The SMILES string of the molecule is O=C(NCCc1cccc(Cl)c1)C1(O)CCSCC1. The van der Waals surface area contributed by atoms with Crippen LogP contribution in [0.4, 0.5) is 0 Å². The molecule has 1 heterocycles. The quantitative estimate of drug-likeness (QED) is 0.896. The maximum absolute atomic E-state index is 12.0. The lowest BCUT2D eigenvalue weighted by atomic mass is 9.96. The summed E-state index contributed by atoms with van der Waals surface area (Å²) in [5.74, 6) is 1.45. The van der Waals surface area contributed by atoms with Crippen molar-refractivity contribution in [2.45, 2.75) is 24.9 Å². The molecule has 19 heavy (non-hydrogen) atoms. The Kier molecular flexibility index (Phi) is 5.13. The van der Waals surface area contributed by atoms with E-state index in [1.807, 2.05) is 24.3 Å². The first-order chi connectivity index (χ1) is 9.10. The van der Waals surface area contributed by atoms with E-state index < -0.39 is 5.60 Å². The van der Waals surface area contributed by atoms with Crippen molar-refractivity contribution in [3.8, 4) is 0 Å². The van der Waals surface area contributed by atoms with Crippen LogP contribution in [0.25, 0.3) is 0 Å². The van der Waals surface area contributed by atoms with Crippen LogP contribution >= 0.6 is 23.4 Å². The van der Waals surface area contributed by atoms with Crippen molar-refractivity contribution in [3.05, 3.63) is 34.9 Å². The minimum atomic E-state index is -1.17. The van der Waals surface area contributed by atoms with Crippen LogP contribution in [-0.4, -0.2) is 34.7 Å². The summed E-state index contributed by atoms with van der Waals surface area (Å²) in [7, 11) is 0. The van der Waals surface area contributed by atoms with Crippen molar-refractivity contribution in [2.75, 3.05) is 18.1 Å². The predicted molar refractivity (Wildman–Crippen MR) is 79.7 cm³/mol. The second-order valence-corrected chi connectivity index (χ2v) is 6.44. The Hall–Kier alpha value is -0.710. The number of thioether (sulfide) groups is 1. The van der Waals surface area contributed by atoms with Crippen molar-refractivity contribution < 1.29 is 9.90 Å². The molecule has 2 rings (SSSR count). The second-order valence-electron chi connectivity index (χ2n) is 4.78. The van der Waals surface area contributed by atoms with Crippen molar-refractivity contribution in [1.82, 2.24) is 5.32 Å². The van der Waals surface area contributed by atoms with Gasteiger partial charge in [-0.1, -0.05) is 23.7 Å². The van der Waals surface area contributed by atoms with E-state index in [9.17, 15) is 9.90 Å². The van der Waals surface area contributed by atoms with Gasteiger partial charge in [-0.25, -0.2) is 0 Å². The number of carbonyl (C=O) groups is 1. The Morgan fingerprint density at radius 2 is 2.16 bits per heavy atom. The van der Waals surface area contributed by atoms with Crippen LogP contribution < -0.4 is 5.32 Å². The molecule has 0 aromatic heterocycles. The molecule has 0 bridgehead atoms. The van der Waals surface area contributed by atoms with E-state index >= 15 is 0 Å². The number of benzene rings is 1. The van der Waals surface area contributed by atoms with Gasteiger partial charge in [-0.2, -0.15) is 11.8 Å². The van der Waals surface area contributed by atoms with Gasteiger partial charge in [-0.05, 0) is 48.5 Å². The fourth-order valence-electron chi connectivity index (χ4n) is 2.11. The zero-order valence-electron chi connectivity index (χ0n) is 10.7. The van der Waals surface area contributed by atoms with E-state index in [4.69, 9.17) is 11.6 Å². The number of hydrogen-bond donors (Lipinski definition) is 2. The third kappa shape index (κ3) is 4.13. The van der Waals surface area contributed by atoms with Gasteiger partial charge in [0.15, 0.2) is 0 Å². The summed E-state index contributed by atoms with van der Waals surface area (Å²) in [5, 5.41) is 13.8. The van der Waals surface area contributed by atoms with Gasteiger partial charge in [0.1, 0.15) is 5.60 Å². The first-order valence-electron chi connectivity index (χ1n) is 6.43. The van der Waals surface area contributed by atoms with Crippen LogP contribution in [0.5, 0.6) is 0 Å². The van der Waals surface area contributed by atoms with Crippen LogP contribution in [0, 0.1) is 0 Å². The first-order valence-corrected chi connectivity index (χ1v) is 7.96. The first kappa shape index (κ1) is 14.7. The van der Waals surface area contributed by atoms with E-state index in [2.05, 4.69) is 5.32 Å². The monoisotopic (exact) mass is 299 g/mol. The largest absolute Gasteiger partial charge is 0.380 e. The molecular formula is C14H18ClNO2S. The van der Waals surface area contributed by atoms with Crippen LogP contribution in [0.1, 0.15) is 18.4 Å². The number of carbonyl (C=O) groups excluding carboxylic acids is 1. The third-order valence-electron chi connectivity index (χ3n) is 3.33. The molecule has 5 heteroatoms. The fraction of sp³-hybridized carbons (Fsp3) is 0.500. The number of nitrogens with one attached hydrogen (secondary N) is 1. The minimum Gasteiger partial charge on any atom is -0.380 e. The molecule has 2 N–H and O–H groups in total. The minimum absolute atomic E-state index is 0.241. The van der Waals surface area contributed by atoms with Crippen molar-refractivity contribution in [2.24, 2.45) is 0 Å². The molecule has 0 unspecified atom stereocenters. The molecule has 0 spiro atoms. The summed E-state index contributed by atoms with van der Waals surface area (Å²) in [6.07, 6.45) is 1.80. The van der Waals surface area contributed by atoms with Crippen molar-refractivity contribution in [1.29, 1.82) is 0 Å². The average molecular weight is 300 g/mol. The summed E-state index contributed by atoms with van der Waals surface area (Å²) in [6.45, 7) is 0.522. The lowest BCUT2D eigenvalue weighted by molar-refractivity contribution is -0.140. The fourth-order valence-corrected chi connectivity index (χ4v) is 3.49. The second kappa shape index (κ2) is 6.64. The lowest BCUT2D eigenvalue weighted by Crippen LogP contribution is -2.49. The zero-order chi connectivity index (χ0) is 13.7. The molecule has 1 aliphatic heterocycles. The summed E-state index contributed by atoms with van der Waals surface area (Å²) in [6, 6.07) is 7.58. The molecule has 0 aliphatic carbocycles. The van der Waals surface area contributed by atoms with Gasteiger partial charge in [0, 0.05) is 11.6 Å². The third-order valence-corrected chi connectivity index (χ3v) is 4.55. The van der Waals surface area contributed by atoms with Gasteiger partial charge >= 0.3 is 0 Å². The van der Waals surface area contributed by atoms with Gasteiger partial charge in [-0.15, -0.1) is 0 Å². The van der Waals surface area contributed by atoms with E-state index in [1.54, 1.807) is 11.8 Å². The molecule has 1 amide bonds. The van der Waals surface area contributed by atoms with Crippen LogP contribution in [0.15, 0.2) is 24.3 Å². The van der Waals surface area contributed by atoms with Gasteiger partial charge in [-0.3, -0.25) is 4.79 Å². The molecule has 1 aliphatic rings. The normalized spacial score (nSPS) is 18.0. The lowest BCUT2D eigenvalue weighted by Gasteiger charge is -2.30. The van der Waals surface area contributed by atoms with Crippen LogP contribution in [-0.2, 0) is 11.2 Å². The highest BCUT2D eigenvalue weighted by Gasteiger charge is 2.36. The highest BCUT2D eigenvalue weighted by molar-refractivity contribution is 7.99. The van der Waals surface area contributed by atoms with E-state index in [1.165, 1.54) is 0 Å². The Labute approximate surface area is 122 Å². The van der Waals surface area contributed by atoms with Crippen LogP contribution in [0.3, 0.4) is 0 Å². The van der Waals surface area contributed by atoms with Gasteiger partial charge in [0.2, 0.25) is 0 Å². The summed E-state index contributed by atoms with van der Waals surface area (Å²) in [4.78, 5) is 12.0. The van der Waals surface area contributed by atoms with Gasteiger partial charge < -0.3 is 10.4 Å². The van der Waals surface area contributed by atoms with Crippen molar-refractivity contribution in [3.63, 3.8) is 0 Å². The Morgan fingerprint density at radius 1 is 1.42 bits per heavy atom. The maximum atomic E-state index is 12.0. The molecule has 0 saturated carbocycles. The molecule has 1 saturated heterocycles. The number of hydrogen-bond acceptors (Lipinski definition) is 3. The smallest absolute Gasteiger partial charge is 0.252 e. The molecule has 3 nitrogen and oxygen atoms in total. The highest BCUT2D eigenvalue weighted by atomic mass is 35.5. The molecule has 1 aromatic rings. The number of aliphatic hydroxyl groups is 1. The summed E-state index contributed by atoms with van der Waals surface area (Å²) >= 11 is 7.68. The maximum Gasteiger partial charge on any atom is 0.252 e. The highest BCUT2D eigenvalue weighted by Crippen LogP contribution is 2.26. The molecule has 0 atom stereocenters. The average Bonchev–Trinajstić information content (AvgIpc) is 2.39. The Morgan fingerprint density at radius 3 is 2.84 bits per heavy atom. The summed E-state index contributed by atoms with van der Waals surface area (Å²) in [5.41, 5.74) is -0.0847. The molecule has 1 fully saturated rings. The van der Waals surface area contributed by atoms with E-state index in [0.29, 0.717) is 24.4 Å². The van der Waals surface area contributed by atoms with E-state index in [-0.39, 0.29) is 5.91 Å². The predicted octanol–water partition coefficient (Wildman–Crippen LogP) is 2.26. The standard InChI is InChI=1S/C14H18ClNO2S/c15-12-3-1-2-11(10-12)4-7-16-13(17)14(18)5-8-19-9-6-14/h1-3,10,18H,4-9H2,(H,16,17). The number of rotatable bonds is 4. The Balaban J connectivity index is 1.80. The van der Waals surface area contributed by atoms with Crippen molar-refractivity contribution >= 4 is 29.3 Å². The molecule has 104 valence electrons. The zero-order valence-corrected chi connectivity index (χ0v) is 12.3. The van der Waals surface area contributed by atoms with Gasteiger partial charge in [0.25, 0.3) is 5.91 Å². The molecule has 1 aromatic carbocycles. The molecular weight excluding hydrogens is 282 g/mol. The Bertz CT molecular complexity index is 447. The summed E-state index contributed by atoms with van der Waals surface area (Å²) < 4.78 is 0. The molecule has 0 radical (unpaired) electrons. The van der Waals surface area contributed by atoms with Crippen LogP contribution in [0.2, 0.25) is 5.02 Å². The van der Waals surface area contributed by atoms with Gasteiger partial charge in [0.05, 0.1) is 0 Å².